The summed E-state index contributed by atoms with van der Waals surface area (Å²) in [4.78, 5) is 12.1. The van der Waals surface area contributed by atoms with Gasteiger partial charge in [-0.15, -0.1) is 0 Å². The summed E-state index contributed by atoms with van der Waals surface area (Å²) >= 11 is 0. The first kappa shape index (κ1) is 16.8. The fourth-order valence-corrected chi connectivity index (χ4v) is 7.76. The normalized spacial score (nSPS) is 12.1. The molecular formula is C15H26N2OSi2. The summed E-state index contributed by atoms with van der Waals surface area (Å²) in [6.45, 7) is 11.3. The maximum atomic E-state index is 12.1. The van der Waals surface area contributed by atoms with E-state index < -0.39 is 17.9 Å². The average molecular weight is 307 g/mol. The fourth-order valence-electron chi connectivity index (χ4n) is 2.14. The first-order chi connectivity index (χ1) is 9.41. The first-order valence-electron chi connectivity index (χ1n) is 7.32. The standard InChI is InChI=1S/C15H26N2OSi2/c1-13(16-17(19(2)3)20(4)5)11-12-15(18)14-9-7-6-8-10-14/h6-10,19-20H,11-12H2,1-5H3. The SMILES string of the molecule is CC(CCC(=O)c1ccccc1)=NN([SiH](C)C)[SiH](C)C. The lowest BCUT2D eigenvalue weighted by atomic mass is 10.1. The highest BCUT2D eigenvalue weighted by Gasteiger charge is 2.13. The Bertz CT molecular complexity index is 450. The Labute approximate surface area is 126 Å². The quantitative estimate of drug-likeness (QED) is 0.335. The lowest BCUT2D eigenvalue weighted by Crippen LogP contribution is -2.39. The number of hydrogen-bond acceptors (Lipinski definition) is 3. The molecule has 1 aromatic carbocycles. The van der Waals surface area contributed by atoms with E-state index in [-0.39, 0.29) is 5.78 Å². The predicted octanol–water partition coefficient (Wildman–Crippen LogP) is 3.29. The highest BCUT2D eigenvalue weighted by Crippen LogP contribution is 2.08. The third kappa shape index (κ3) is 5.42. The molecule has 0 atom stereocenters. The van der Waals surface area contributed by atoms with E-state index in [0.29, 0.717) is 6.42 Å². The number of hydrogen-bond donors (Lipinski definition) is 0. The van der Waals surface area contributed by atoms with Crippen LogP contribution in [0, 0.1) is 0 Å². The van der Waals surface area contributed by atoms with Crippen molar-refractivity contribution in [2.75, 3.05) is 0 Å². The molecule has 1 aromatic rings. The van der Waals surface area contributed by atoms with Crippen LogP contribution in [0.15, 0.2) is 35.4 Å². The molecule has 20 heavy (non-hydrogen) atoms. The second kappa shape index (κ2) is 8.16. The maximum absolute atomic E-state index is 12.1. The van der Waals surface area contributed by atoms with Gasteiger partial charge in [0, 0.05) is 17.7 Å². The number of carbonyl (C=O) groups excluding carboxylic acids is 1. The summed E-state index contributed by atoms with van der Waals surface area (Å²) in [6.07, 6.45) is 1.30. The third-order valence-electron chi connectivity index (χ3n) is 3.15. The molecule has 5 heteroatoms. The van der Waals surface area contributed by atoms with Crippen molar-refractivity contribution >= 4 is 29.4 Å². The van der Waals surface area contributed by atoms with E-state index in [0.717, 1.165) is 17.7 Å². The molecular weight excluding hydrogens is 280 g/mol. The Kier molecular flexibility index (Phi) is 6.88. The van der Waals surface area contributed by atoms with Gasteiger partial charge in [-0.05, 0) is 13.3 Å². The van der Waals surface area contributed by atoms with Crippen LogP contribution in [0.25, 0.3) is 0 Å². The summed E-state index contributed by atoms with van der Waals surface area (Å²) in [5, 5.41) is 4.76. The number of ketones is 1. The summed E-state index contributed by atoms with van der Waals surface area (Å²) < 4.78 is 2.36. The van der Waals surface area contributed by atoms with E-state index in [1.165, 1.54) is 0 Å². The van der Waals surface area contributed by atoms with Gasteiger partial charge < -0.3 is 4.34 Å². The summed E-state index contributed by atoms with van der Waals surface area (Å²) in [7, 11) is -1.77. The van der Waals surface area contributed by atoms with Gasteiger partial charge in [0.25, 0.3) is 0 Å². The molecule has 0 unspecified atom stereocenters. The van der Waals surface area contributed by atoms with E-state index in [9.17, 15) is 4.79 Å². The van der Waals surface area contributed by atoms with Crippen molar-refractivity contribution in [2.24, 2.45) is 5.10 Å². The Morgan fingerprint density at radius 3 is 2.10 bits per heavy atom. The largest absolute Gasteiger partial charge is 0.355 e. The van der Waals surface area contributed by atoms with Crippen LogP contribution >= 0.6 is 0 Å². The minimum absolute atomic E-state index is 0.204. The number of Topliss-reactive ketones (excluding diaryl/α,β-unsaturated/α-hetero) is 1. The van der Waals surface area contributed by atoms with Gasteiger partial charge in [0.15, 0.2) is 5.78 Å². The lowest BCUT2D eigenvalue weighted by Gasteiger charge is -2.27. The van der Waals surface area contributed by atoms with Gasteiger partial charge in [-0.3, -0.25) is 4.79 Å². The lowest BCUT2D eigenvalue weighted by molar-refractivity contribution is 0.0985. The second-order valence-electron chi connectivity index (χ2n) is 5.69. The van der Waals surface area contributed by atoms with Crippen LogP contribution < -0.4 is 0 Å². The average Bonchev–Trinajstić information content (AvgIpc) is 2.42. The highest BCUT2D eigenvalue weighted by molar-refractivity contribution is 6.69. The van der Waals surface area contributed by atoms with Crippen molar-refractivity contribution in [3.63, 3.8) is 0 Å². The van der Waals surface area contributed by atoms with Crippen molar-refractivity contribution in [2.45, 2.75) is 46.0 Å². The molecule has 0 aliphatic carbocycles. The topological polar surface area (TPSA) is 32.7 Å². The van der Waals surface area contributed by atoms with Crippen molar-refractivity contribution in [1.29, 1.82) is 0 Å². The Hall–Kier alpha value is -1.21. The molecule has 0 aliphatic heterocycles. The summed E-state index contributed by atoms with van der Waals surface area (Å²) in [5.74, 6) is 0.204. The zero-order valence-electron chi connectivity index (χ0n) is 13.3. The minimum Gasteiger partial charge on any atom is -0.355 e. The number of benzene rings is 1. The molecule has 0 radical (unpaired) electrons. The zero-order valence-corrected chi connectivity index (χ0v) is 15.6. The maximum Gasteiger partial charge on any atom is 0.163 e. The van der Waals surface area contributed by atoms with Crippen molar-refractivity contribution in [3.05, 3.63) is 35.9 Å². The first-order valence-corrected chi connectivity index (χ1v) is 13.0. The van der Waals surface area contributed by atoms with Gasteiger partial charge in [-0.2, -0.15) is 0 Å². The van der Waals surface area contributed by atoms with Gasteiger partial charge in [-0.1, -0.05) is 56.5 Å². The number of rotatable bonds is 7. The second-order valence-corrected chi connectivity index (χ2v) is 11.7. The molecule has 0 saturated carbocycles. The molecule has 0 N–H and O–H groups in total. The van der Waals surface area contributed by atoms with Crippen LogP contribution in [0.1, 0.15) is 30.1 Å². The molecule has 0 amide bonds. The Balaban J connectivity index is 2.58. The van der Waals surface area contributed by atoms with Gasteiger partial charge in [0.05, 0.1) is 0 Å². The third-order valence-corrected chi connectivity index (χ3v) is 9.08. The smallest absolute Gasteiger partial charge is 0.163 e. The van der Waals surface area contributed by atoms with Crippen LogP contribution in [0.5, 0.6) is 0 Å². The van der Waals surface area contributed by atoms with Crippen molar-refractivity contribution < 1.29 is 4.79 Å². The molecule has 0 aromatic heterocycles. The van der Waals surface area contributed by atoms with E-state index in [1.807, 2.05) is 37.3 Å². The summed E-state index contributed by atoms with van der Waals surface area (Å²) in [6, 6.07) is 9.50. The van der Waals surface area contributed by atoms with Gasteiger partial charge >= 0.3 is 0 Å². The number of nitrogens with zero attached hydrogens (tertiary/aromatic N) is 2. The molecule has 0 bridgehead atoms. The van der Waals surface area contributed by atoms with Crippen LogP contribution in [0.2, 0.25) is 26.2 Å². The van der Waals surface area contributed by atoms with Gasteiger partial charge in [-0.25, -0.2) is 5.10 Å². The molecule has 0 saturated heterocycles. The zero-order chi connectivity index (χ0) is 15.1. The van der Waals surface area contributed by atoms with Crippen LogP contribution in [-0.2, 0) is 0 Å². The van der Waals surface area contributed by atoms with Crippen LogP contribution in [0.3, 0.4) is 0 Å². The fraction of sp³-hybridized carbons (Fsp3) is 0.467. The highest BCUT2D eigenvalue weighted by atomic mass is 28.3. The molecule has 3 nitrogen and oxygen atoms in total. The number of hydrazone groups is 1. The molecule has 110 valence electrons. The molecule has 0 fully saturated rings. The van der Waals surface area contributed by atoms with E-state index in [4.69, 9.17) is 5.10 Å². The molecule has 1 rings (SSSR count). The van der Waals surface area contributed by atoms with Crippen molar-refractivity contribution in [3.8, 4) is 0 Å². The van der Waals surface area contributed by atoms with Crippen LogP contribution in [-0.4, -0.2) is 33.8 Å². The predicted molar refractivity (Wildman–Crippen MR) is 92.7 cm³/mol. The Morgan fingerprint density at radius 2 is 1.60 bits per heavy atom. The summed E-state index contributed by atoms with van der Waals surface area (Å²) in [5.41, 5.74) is 1.88. The minimum atomic E-state index is -0.886. The van der Waals surface area contributed by atoms with E-state index in [2.05, 4.69) is 30.5 Å². The van der Waals surface area contributed by atoms with Gasteiger partial charge in [0.1, 0.15) is 17.9 Å². The molecule has 0 aliphatic rings. The van der Waals surface area contributed by atoms with E-state index in [1.54, 1.807) is 0 Å². The number of carbonyl (C=O) groups is 1. The van der Waals surface area contributed by atoms with Crippen LogP contribution in [0.4, 0.5) is 0 Å². The van der Waals surface area contributed by atoms with E-state index >= 15 is 0 Å². The molecule has 0 spiro atoms. The molecule has 0 heterocycles. The van der Waals surface area contributed by atoms with Gasteiger partial charge in [0.2, 0.25) is 0 Å². The van der Waals surface area contributed by atoms with Crippen molar-refractivity contribution in [1.82, 2.24) is 4.34 Å². The Morgan fingerprint density at radius 1 is 1.05 bits per heavy atom. The monoisotopic (exact) mass is 306 g/mol.